The lowest BCUT2D eigenvalue weighted by atomic mass is 10.2. The van der Waals surface area contributed by atoms with Crippen LogP contribution in [0.25, 0.3) is 0 Å². The van der Waals surface area contributed by atoms with Crippen molar-refractivity contribution in [1.29, 1.82) is 0 Å². The van der Waals surface area contributed by atoms with Crippen molar-refractivity contribution in [3.8, 4) is 0 Å². The van der Waals surface area contributed by atoms with Gasteiger partial charge < -0.3 is 18.9 Å². The van der Waals surface area contributed by atoms with Crippen LogP contribution in [-0.4, -0.2) is 98.9 Å². The number of carbonyl (C=O) groups is 4. The molecule has 10 nitrogen and oxygen atoms in total. The number of rotatable bonds is 15. The second-order valence-corrected chi connectivity index (χ2v) is 6.14. The van der Waals surface area contributed by atoms with Gasteiger partial charge >= 0.3 is 23.9 Å². The van der Waals surface area contributed by atoms with E-state index in [0.29, 0.717) is 0 Å². The fourth-order valence-corrected chi connectivity index (χ4v) is 2.57. The van der Waals surface area contributed by atoms with Crippen LogP contribution in [0.1, 0.15) is 34.6 Å². The molecule has 0 spiro atoms. The molecule has 0 heterocycles. The standard InChI is InChI=1S/C19H34N2O8/c1-6-26-16(22)11-20(12-17(23)27-7-2)10-15(5)21(13-18(24)28-8-3)14-19(25)29-9-4/h15H,6-14H2,1-5H3/t15-/m0/s1. The van der Waals surface area contributed by atoms with Crippen molar-refractivity contribution >= 4 is 23.9 Å². The first kappa shape index (κ1) is 26.8. The van der Waals surface area contributed by atoms with Crippen LogP contribution >= 0.6 is 0 Å². The van der Waals surface area contributed by atoms with Crippen molar-refractivity contribution in [3.63, 3.8) is 0 Å². The molecule has 0 aromatic heterocycles. The summed E-state index contributed by atoms with van der Waals surface area (Å²) in [6, 6.07) is -0.368. The summed E-state index contributed by atoms with van der Waals surface area (Å²) in [5.74, 6) is -1.92. The van der Waals surface area contributed by atoms with Gasteiger partial charge in [0.15, 0.2) is 0 Å². The smallest absolute Gasteiger partial charge is 0.320 e. The van der Waals surface area contributed by atoms with Crippen LogP contribution in [0.15, 0.2) is 0 Å². The Hall–Kier alpha value is -2.20. The normalized spacial score (nSPS) is 11.8. The van der Waals surface area contributed by atoms with Gasteiger partial charge in [0.1, 0.15) is 0 Å². The zero-order valence-electron chi connectivity index (χ0n) is 18.1. The summed E-state index contributed by atoms with van der Waals surface area (Å²) in [6.07, 6.45) is 0. The Kier molecular flexibility index (Phi) is 14.5. The number of nitrogens with zero attached hydrogens (tertiary/aromatic N) is 2. The molecule has 0 unspecified atom stereocenters. The van der Waals surface area contributed by atoms with E-state index in [4.69, 9.17) is 18.9 Å². The highest BCUT2D eigenvalue weighted by molar-refractivity contribution is 5.76. The van der Waals surface area contributed by atoms with Crippen LogP contribution in [0.3, 0.4) is 0 Å². The van der Waals surface area contributed by atoms with Gasteiger partial charge in [0.25, 0.3) is 0 Å². The molecule has 0 fully saturated rings. The molecule has 0 aliphatic heterocycles. The zero-order valence-corrected chi connectivity index (χ0v) is 18.1. The number of hydrogen-bond donors (Lipinski definition) is 0. The summed E-state index contributed by atoms with van der Waals surface area (Å²) in [6.45, 7) is 9.16. The zero-order chi connectivity index (χ0) is 22.2. The van der Waals surface area contributed by atoms with Gasteiger partial charge in [-0.05, 0) is 34.6 Å². The molecule has 0 amide bonds. The Labute approximate surface area is 172 Å². The number of hydrogen-bond acceptors (Lipinski definition) is 10. The Balaban J connectivity index is 5.22. The third-order valence-electron chi connectivity index (χ3n) is 3.74. The maximum absolute atomic E-state index is 11.9. The van der Waals surface area contributed by atoms with Gasteiger partial charge in [-0.3, -0.25) is 29.0 Å². The summed E-state index contributed by atoms with van der Waals surface area (Å²) >= 11 is 0. The van der Waals surface area contributed by atoms with Gasteiger partial charge in [-0.15, -0.1) is 0 Å². The topological polar surface area (TPSA) is 112 Å². The summed E-state index contributed by atoms with van der Waals surface area (Å²) in [5, 5.41) is 0. The largest absolute Gasteiger partial charge is 0.465 e. The molecule has 0 aliphatic rings. The van der Waals surface area contributed by atoms with Crippen molar-refractivity contribution in [1.82, 2.24) is 9.80 Å². The van der Waals surface area contributed by atoms with Crippen LogP contribution in [0.5, 0.6) is 0 Å². The van der Waals surface area contributed by atoms with E-state index in [1.165, 1.54) is 0 Å². The second-order valence-electron chi connectivity index (χ2n) is 6.14. The molecule has 0 bridgehead atoms. The van der Waals surface area contributed by atoms with Crippen LogP contribution in [0, 0.1) is 0 Å². The Morgan fingerprint density at radius 3 is 1.24 bits per heavy atom. The van der Waals surface area contributed by atoms with E-state index in [2.05, 4.69) is 0 Å². The lowest BCUT2D eigenvalue weighted by Crippen LogP contribution is -2.49. The maximum atomic E-state index is 11.9. The lowest BCUT2D eigenvalue weighted by molar-refractivity contribution is -0.152. The van der Waals surface area contributed by atoms with Gasteiger partial charge in [0.05, 0.1) is 52.6 Å². The van der Waals surface area contributed by atoms with E-state index in [1.807, 2.05) is 0 Å². The minimum absolute atomic E-state index is 0.121. The molecule has 0 N–H and O–H groups in total. The highest BCUT2D eigenvalue weighted by Gasteiger charge is 2.25. The number of carbonyl (C=O) groups excluding carboxylic acids is 4. The monoisotopic (exact) mass is 418 g/mol. The second kappa shape index (κ2) is 15.7. The highest BCUT2D eigenvalue weighted by Crippen LogP contribution is 2.05. The Morgan fingerprint density at radius 1 is 0.621 bits per heavy atom. The molecule has 0 saturated carbocycles. The molecule has 1 atom stereocenters. The molecule has 10 heteroatoms. The van der Waals surface area contributed by atoms with E-state index in [1.54, 1.807) is 44.4 Å². The summed E-state index contributed by atoms with van der Waals surface area (Å²) in [4.78, 5) is 50.8. The van der Waals surface area contributed by atoms with Gasteiger partial charge in [-0.25, -0.2) is 0 Å². The third kappa shape index (κ3) is 12.8. The molecule has 29 heavy (non-hydrogen) atoms. The van der Waals surface area contributed by atoms with Crippen molar-refractivity contribution in [3.05, 3.63) is 0 Å². The minimum atomic E-state index is -0.481. The summed E-state index contributed by atoms with van der Waals surface area (Å²) < 4.78 is 19.8. The molecule has 0 radical (unpaired) electrons. The molecular formula is C19H34N2O8. The molecule has 0 aromatic rings. The quantitative estimate of drug-likeness (QED) is 0.271. The predicted molar refractivity (Wildman–Crippen MR) is 104 cm³/mol. The third-order valence-corrected chi connectivity index (χ3v) is 3.74. The van der Waals surface area contributed by atoms with Crippen LogP contribution < -0.4 is 0 Å². The first-order valence-electron chi connectivity index (χ1n) is 9.86. The van der Waals surface area contributed by atoms with Crippen LogP contribution in [-0.2, 0) is 38.1 Å². The highest BCUT2D eigenvalue weighted by atomic mass is 16.5. The fraction of sp³-hybridized carbons (Fsp3) is 0.789. The molecule has 0 rings (SSSR count). The molecule has 0 aromatic carbocycles. The molecule has 0 aliphatic carbocycles. The van der Waals surface area contributed by atoms with E-state index < -0.39 is 23.9 Å². The van der Waals surface area contributed by atoms with Crippen molar-refractivity contribution in [2.75, 3.05) is 59.2 Å². The summed E-state index contributed by atoms with van der Waals surface area (Å²) in [5.41, 5.74) is 0. The molecular weight excluding hydrogens is 384 g/mol. The van der Waals surface area contributed by atoms with Gasteiger partial charge in [-0.2, -0.15) is 0 Å². The first-order valence-corrected chi connectivity index (χ1v) is 9.86. The fourth-order valence-electron chi connectivity index (χ4n) is 2.57. The average molecular weight is 418 g/mol. The van der Waals surface area contributed by atoms with Crippen molar-refractivity contribution in [2.45, 2.75) is 40.7 Å². The SMILES string of the molecule is CCOC(=O)CN(CC(=O)OCC)C[C@H](C)N(CC(=O)OCC)CC(=O)OCC. The van der Waals surface area contributed by atoms with E-state index in [9.17, 15) is 19.2 Å². The predicted octanol–water partition coefficient (Wildman–Crippen LogP) is 0.231. The maximum Gasteiger partial charge on any atom is 0.320 e. The molecule has 0 saturated heterocycles. The number of ether oxygens (including phenoxy) is 4. The van der Waals surface area contributed by atoms with Gasteiger partial charge in [-0.1, -0.05) is 0 Å². The van der Waals surface area contributed by atoms with E-state index >= 15 is 0 Å². The lowest BCUT2D eigenvalue weighted by Gasteiger charge is -2.31. The van der Waals surface area contributed by atoms with Crippen molar-refractivity contribution in [2.24, 2.45) is 0 Å². The van der Waals surface area contributed by atoms with Crippen LogP contribution in [0.2, 0.25) is 0 Å². The van der Waals surface area contributed by atoms with Gasteiger partial charge in [0.2, 0.25) is 0 Å². The van der Waals surface area contributed by atoms with Crippen molar-refractivity contribution < 1.29 is 38.1 Å². The summed E-state index contributed by atoms with van der Waals surface area (Å²) in [7, 11) is 0. The van der Waals surface area contributed by atoms with E-state index in [-0.39, 0.29) is 65.2 Å². The average Bonchev–Trinajstić information content (AvgIpc) is 2.61. The Morgan fingerprint density at radius 2 is 0.931 bits per heavy atom. The van der Waals surface area contributed by atoms with E-state index in [0.717, 1.165) is 0 Å². The Bertz CT molecular complexity index is 486. The first-order chi connectivity index (χ1) is 13.8. The van der Waals surface area contributed by atoms with Crippen LogP contribution in [0.4, 0.5) is 0 Å². The van der Waals surface area contributed by atoms with Gasteiger partial charge in [0, 0.05) is 12.6 Å². The minimum Gasteiger partial charge on any atom is -0.465 e. The number of esters is 4. The molecule has 168 valence electrons.